The van der Waals surface area contributed by atoms with Gasteiger partial charge in [0, 0.05) is 25.6 Å². The minimum absolute atomic E-state index is 0.0162. The molecule has 0 radical (unpaired) electrons. The number of rotatable bonds is 13. The van der Waals surface area contributed by atoms with Gasteiger partial charge in [0.15, 0.2) is 0 Å². The molecule has 0 aromatic carbocycles. The molecule has 1 aliphatic carbocycles. The maximum Gasteiger partial charge on any atom is 0.150 e. The topological polar surface area (TPSA) is 72.8 Å². The molecule has 0 heterocycles. The van der Waals surface area contributed by atoms with Gasteiger partial charge in [-0.15, -0.1) is 0 Å². The molecule has 1 saturated carbocycles. The summed E-state index contributed by atoms with van der Waals surface area (Å²) in [4.78, 5) is 27.8. The second-order valence-corrected chi connectivity index (χ2v) is 11.3. The number of aliphatic hydroxyl groups excluding tert-OH is 1. The number of carbonyl (C=O) groups is 2. The zero-order chi connectivity index (χ0) is 24.7. The number of hydrogen-bond donors (Lipinski definition) is 1. The molecular formula is C27H48O5. The highest BCUT2D eigenvalue weighted by atomic mass is 16.7. The van der Waals surface area contributed by atoms with Gasteiger partial charge in [-0.3, -0.25) is 9.59 Å². The molecule has 0 aromatic rings. The van der Waals surface area contributed by atoms with Crippen LogP contribution >= 0.6 is 0 Å². The largest absolute Gasteiger partial charge is 0.396 e. The van der Waals surface area contributed by atoms with E-state index >= 15 is 0 Å². The van der Waals surface area contributed by atoms with Crippen molar-refractivity contribution in [2.75, 3.05) is 20.5 Å². The molecule has 3 atom stereocenters. The second kappa shape index (κ2) is 11.9. The summed E-state index contributed by atoms with van der Waals surface area (Å²) in [5.74, 6) is -0.0998. The van der Waals surface area contributed by atoms with Crippen LogP contribution in [0, 0.1) is 28.6 Å². The van der Waals surface area contributed by atoms with Crippen molar-refractivity contribution in [3.8, 4) is 0 Å². The molecule has 0 aliphatic heterocycles. The lowest BCUT2D eigenvalue weighted by Crippen LogP contribution is -2.60. The van der Waals surface area contributed by atoms with Crippen molar-refractivity contribution in [3.05, 3.63) is 11.6 Å². The smallest absolute Gasteiger partial charge is 0.150 e. The Morgan fingerprint density at radius 2 is 1.91 bits per heavy atom. The summed E-state index contributed by atoms with van der Waals surface area (Å²) in [6.07, 6.45) is 6.14. The number of ether oxygens (including phenoxy) is 2. The van der Waals surface area contributed by atoms with Crippen LogP contribution in [0.4, 0.5) is 0 Å². The number of methoxy groups -OCH3 is 1. The molecule has 32 heavy (non-hydrogen) atoms. The number of Topliss-reactive ketones (excluding diaryl/α,β-unsaturated/α-hetero) is 2. The van der Waals surface area contributed by atoms with Crippen molar-refractivity contribution in [1.82, 2.24) is 0 Å². The van der Waals surface area contributed by atoms with E-state index in [2.05, 4.69) is 33.8 Å². The molecule has 1 rings (SSSR count). The molecule has 186 valence electrons. The van der Waals surface area contributed by atoms with Gasteiger partial charge >= 0.3 is 0 Å². The normalized spacial score (nSPS) is 25.8. The molecule has 0 unspecified atom stereocenters. The number of ketones is 2. The highest BCUT2D eigenvalue weighted by Gasteiger charge is 2.62. The van der Waals surface area contributed by atoms with Gasteiger partial charge in [0.1, 0.15) is 18.4 Å². The standard InChI is InChI=1S/C27H48O5/c1-19(2)11-12-21-17-22(13-15-25(5,6)32-18-31-9)26(7,8)27(24(21)30,14-10-16-28)23(29)20(3)4/h11,20-22,28H,10,12-18H2,1-9H3/t21-,22+,27-/m1/s1. The number of hydrogen-bond acceptors (Lipinski definition) is 5. The lowest BCUT2D eigenvalue weighted by molar-refractivity contribution is -0.168. The Hall–Kier alpha value is -1.04. The van der Waals surface area contributed by atoms with E-state index in [0.717, 1.165) is 19.3 Å². The molecule has 0 amide bonds. The first kappa shape index (κ1) is 29.0. The van der Waals surface area contributed by atoms with Gasteiger partial charge in [0.05, 0.1) is 11.0 Å². The van der Waals surface area contributed by atoms with Crippen LogP contribution in [0.1, 0.15) is 93.9 Å². The van der Waals surface area contributed by atoms with Crippen LogP contribution in [0.3, 0.4) is 0 Å². The van der Waals surface area contributed by atoms with Gasteiger partial charge in [-0.05, 0) is 77.6 Å². The minimum Gasteiger partial charge on any atom is -0.396 e. The maximum absolute atomic E-state index is 14.0. The van der Waals surface area contributed by atoms with Gasteiger partial charge in [-0.25, -0.2) is 0 Å². The lowest BCUT2D eigenvalue weighted by atomic mass is 9.45. The Morgan fingerprint density at radius 3 is 2.41 bits per heavy atom. The fraction of sp³-hybridized carbons (Fsp3) is 0.852. The van der Waals surface area contributed by atoms with Crippen LogP contribution in [0.5, 0.6) is 0 Å². The predicted molar refractivity (Wildman–Crippen MR) is 129 cm³/mol. The minimum atomic E-state index is -1.06. The summed E-state index contributed by atoms with van der Waals surface area (Å²) in [6.45, 7) is 16.4. The molecular weight excluding hydrogens is 404 g/mol. The van der Waals surface area contributed by atoms with E-state index in [1.165, 1.54) is 5.57 Å². The van der Waals surface area contributed by atoms with Crippen molar-refractivity contribution >= 4 is 11.6 Å². The van der Waals surface area contributed by atoms with Gasteiger partial charge < -0.3 is 14.6 Å². The SMILES string of the molecule is COCOC(C)(C)CC[C@H]1C[C@@H](CC=C(C)C)C(=O)[C@@](CCCO)(C(=O)C(C)C)C1(C)C. The first-order valence-corrected chi connectivity index (χ1v) is 12.2. The predicted octanol–water partition coefficient (Wildman–Crippen LogP) is 5.74. The Labute approximate surface area is 196 Å². The fourth-order valence-electron chi connectivity index (χ4n) is 5.48. The highest BCUT2D eigenvalue weighted by Crippen LogP contribution is 2.59. The van der Waals surface area contributed by atoms with E-state index in [1.54, 1.807) is 7.11 Å². The Balaban J connectivity index is 3.44. The van der Waals surface area contributed by atoms with E-state index < -0.39 is 10.8 Å². The molecule has 0 spiro atoms. The third-order valence-electron chi connectivity index (χ3n) is 7.61. The monoisotopic (exact) mass is 452 g/mol. The van der Waals surface area contributed by atoms with Gasteiger partial charge in [0.25, 0.3) is 0 Å². The fourth-order valence-corrected chi connectivity index (χ4v) is 5.48. The molecule has 1 aliphatic rings. The van der Waals surface area contributed by atoms with E-state index in [4.69, 9.17) is 9.47 Å². The van der Waals surface area contributed by atoms with Gasteiger partial charge in [-0.2, -0.15) is 0 Å². The van der Waals surface area contributed by atoms with Gasteiger partial charge in [0.2, 0.25) is 0 Å². The molecule has 0 bridgehead atoms. The third-order valence-corrected chi connectivity index (χ3v) is 7.61. The zero-order valence-corrected chi connectivity index (χ0v) is 22.0. The third kappa shape index (κ3) is 6.51. The van der Waals surface area contributed by atoms with Crippen molar-refractivity contribution < 1.29 is 24.2 Å². The van der Waals surface area contributed by atoms with E-state index in [1.807, 2.05) is 27.7 Å². The van der Waals surface area contributed by atoms with Crippen molar-refractivity contribution in [2.24, 2.45) is 28.6 Å². The zero-order valence-electron chi connectivity index (χ0n) is 22.0. The van der Waals surface area contributed by atoms with Crippen molar-refractivity contribution in [3.63, 3.8) is 0 Å². The van der Waals surface area contributed by atoms with Crippen LogP contribution in [-0.4, -0.2) is 42.8 Å². The summed E-state index contributed by atoms with van der Waals surface area (Å²) < 4.78 is 11.0. The Kier molecular flexibility index (Phi) is 10.8. The van der Waals surface area contributed by atoms with Crippen LogP contribution in [0.2, 0.25) is 0 Å². The van der Waals surface area contributed by atoms with E-state index in [0.29, 0.717) is 19.3 Å². The second-order valence-electron chi connectivity index (χ2n) is 11.3. The summed E-state index contributed by atoms with van der Waals surface area (Å²) in [5.41, 5.74) is -0.729. The maximum atomic E-state index is 14.0. The van der Waals surface area contributed by atoms with Gasteiger partial charge in [-0.1, -0.05) is 39.3 Å². The first-order chi connectivity index (χ1) is 14.8. The molecule has 5 heteroatoms. The molecule has 0 aromatic heterocycles. The van der Waals surface area contributed by atoms with E-state index in [-0.39, 0.29) is 48.3 Å². The lowest BCUT2D eigenvalue weighted by Gasteiger charge is -2.55. The van der Waals surface area contributed by atoms with Crippen molar-refractivity contribution in [2.45, 2.75) is 99.5 Å². The van der Waals surface area contributed by atoms with Crippen LogP contribution in [0.25, 0.3) is 0 Å². The number of aliphatic hydroxyl groups is 1. The molecule has 5 nitrogen and oxygen atoms in total. The average Bonchev–Trinajstić information content (AvgIpc) is 2.70. The van der Waals surface area contributed by atoms with E-state index in [9.17, 15) is 14.7 Å². The van der Waals surface area contributed by atoms with Crippen molar-refractivity contribution in [1.29, 1.82) is 0 Å². The number of carbonyl (C=O) groups excluding carboxylic acids is 2. The molecule has 1 fully saturated rings. The summed E-state index contributed by atoms with van der Waals surface area (Å²) in [7, 11) is 1.62. The summed E-state index contributed by atoms with van der Waals surface area (Å²) >= 11 is 0. The molecule has 1 N–H and O–H groups in total. The average molecular weight is 453 g/mol. The molecule has 0 saturated heterocycles. The van der Waals surface area contributed by atoms with Crippen LogP contribution in [0.15, 0.2) is 11.6 Å². The summed E-state index contributed by atoms with van der Waals surface area (Å²) in [5, 5.41) is 9.63. The summed E-state index contributed by atoms with van der Waals surface area (Å²) in [6, 6.07) is 0. The number of allylic oxidation sites excluding steroid dienone is 2. The van der Waals surface area contributed by atoms with Crippen LogP contribution in [-0.2, 0) is 19.1 Å². The highest BCUT2D eigenvalue weighted by molar-refractivity contribution is 6.10. The Morgan fingerprint density at radius 1 is 1.28 bits per heavy atom. The Bertz CT molecular complexity index is 657. The first-order valence-electron chi connectivity index (χ1n) is 12.2. The van der Waals surface area contributed by atoms with Crippen LogP contribution < -0.4 is 0 Å². The quantitative estimate of drug-likeness (QED) is 0.219.